The number of carbonyl (C=O) groups excluding carboxylic acids is 1. The zero-order valence-corrected chi connectivity index (χ0v) is 15.0. The number of benzene rings is 1. The van der Waals surface area contributed by atoms with Gasteiger partial charge in [-0.1, -0.05) is 22.9 Å². The van der Waals surface area contributed by atoms with E-state index in [2.05, 4.69) is 40.2 Å². The van der Waals surface area contributed by atoms with Gasteiger partial charge in [-0.05, 0) is 37.6 Å². The molecule has 0 spiro atoms. The molecule has 1 aromatic heterocycles. The normalized spacial score (nSPS) is 18.2. The Labute approximate surface area is 144 Å². The van der Waals surface area contributed by atoms with Crippen LogP contribution in [0.4, 0.5) is 0 Å². The molecule has 3 rings (SSSR count). The van der Waals surface area contributed by atoms with Crippen LogP contribution in [0.5, 0.6) is 0 Å². The molecule has 6 heteroatoms. The van der Waals surface area contributed by atoms with Gasteiger partial charge in [0.05, 0.1) is 23.1 Å². The average molecular weight is 377 g/mol. The van der Waals surface area contributed by atoms with Crippen LogP contribution in [0.15, 0.2) is 34.9 Å². The smallest absolute Gasteiger partial charge is 0.257 e. The van der Waals surface area contributed by atoms with Gasteiger partial charge in [-0.2, -0.15) is 5.10 Å². The highest BCUT2D eigenvalue weighted by Crippen LogP contribution is 2.20. The number of carbonyl (C=O) groups is 1. The first-order valence-electron chi connectivity index (χ1n) is 7.95. The second-order valence-corrected chi connectivity index (χ2v) is 6.77. The van der Waals surface area contributed by atoms with Gasteiger partial charge >= 0.3 is 0 Å². The summed E-state index contributed by atoms with van der Waals surface area (Å²) < 4.78 is 2.89. The van der Waals surface area contributed by atoms with Gasteiger partial charge in [0.1, 0.15) is 0 Å². The van der Waals surface area contributed by atoms with Gasteiger partial charge in [0.15, 0.2) is 0 Å². The first kappa shape index (κ1) is 16.2. The summed E-state index contributed by atoms with van der Waals surface area (Å²) >= 11 is 3.44. The number of aromatic nitrogens is 2. The first-order chi connectivity index (χ1) is 11.1. The minimum absolute atomic E-state index is 0.0820. The summed E-state index contributed by atoms with van der Waals surface area (Å²) in [5.74, 6) is 0.0820. The summed E-state index contributed by atoms with van der Waals surface area (Å²) in [4.78, 5) is 14.8. The van der Waals surface area contributed by atoms with Crippen LogP contribution in [0.3, 0.4) is 0 Å². The van der Waals surface area contributed by atoms with E-state index < -0.39 is 0 Å². The molecule has 1 N–H and O–H groups in total. The molecule has 1 aliphatic rings. The van der Waals surface area contributed by atoms with Crippen molar-refractivity contribution < 1.29 is 4.79 Å². The Morgan fingerprint density at radius 1 is 1.39 bits per heavy atom. The number of hydrogen-bond acceptors (Lipinski definition) is 3. The van der Waals surface area contributed by atoms with E-state index in [9.17, 15) is 4.79 Å². The Balaban J connectivity index is 1.91. The number of nitrogens with one attached hydrogen (secondary N) is 1. The van der Waals surface area contributed by atoms with E-state index in [4.69, 9.17) is 0 Å². The van der Waals surface area contributed by atoms with Crippen molar-refractivity contribution in [2.75, 3.05) is 19.6 Å². The molecular formula is C17H21BrN4O. The SMILES string of the molecule is CCc1c(C(=O)N2CCNC(C)C2)cnn1-c1ccc(Br)cc1. The average Bonchev–Trinajstić information content (AvgIpc) is 2.98. The minimum atomic E-state index is 0.0820. The van der Waals surface area contributed by atoms with Crippen LogP contribution in [-0.2, 0) is 6.42 Å². The first-order valence-corrected chi connectivity index (χ1v) is 8.75. The fraction of sp³-hybridized carbons (Fsp3) is 0.412. The molecule has 2 aromatic rings. The second kappa shape index (κ2) is 6.84. The van der Waals surface area contributed by atoms with Gasteiger partial charge in [0.25, 0.3) is 5.91 Å². The lowest BCUT2D eigenvalue weighted by molar-refractivity contribution is 0.0708. The summed E-state index contributed by atoms with van der Waals surface area (Å²) in [6.07, 6.45) is 2.47. The summed E-state index contributed by atoms with van der Waals surface area (Å²) in [7, 11) is 0. The van der Waals surface area contributed by atoms with Gasteiger partial charge in [-0.25, -0.2) is 4.68 Å². The molecule has 1 unspecified atom stereocenters. The molecule has 1 amide bonds. The molecule has 1 aliphatic heterocycles. The topological polar surface area (TPSA) is 50.2 Å². The molecule has 1 aromatic carbocycles. The Bertz CT molecular complexity index is 695. The van der Waals surface area contributed by atoms with Gasteiger partial charge in [-0.3, -0.25) is 4.79 Å². The lowest BCUT2D eigenvalue weighted by atomic mass is 10.1. The summed E-state index contributed by atoms with van der Waals surface area (Å²) in [6.45, 7) is 6.49. The van der Waals surface area contributed by atoms with E-state index in [1.165, 1.54) is 0 Å². The molecule has 2 heterocycles. The Morgan fingerprint density at radius 2 is 2.13 bits per heavy atom. The molecule has 0 bridgehead atoms. The second-order valence-electron chi connectivity index (χ2n) is 5.85. The molecule has 5 nitrogen and oxygen atoms in total. The molecule has 0 radical (unpaired) electrons. The highest BCUT2D eigenvalue weighted by molar-refractivity contribution is 9.10. The fourth-order valence-electron chi connectivity index (χ4n) is 2.98. The largest absolute Gasteiger partial charge is 0.336 e. The Hall–Kier alpha value is -1.66. The van der Waals surface area contributed by atoms with Crippen molar-refractivity contribution in [3.63, 3.8) is 0 Å². The standard InChI is InChI=1S/C17H21BrN4O/c1-3-16-15(17(23)21-9-8-19-12(2)11-21)10-20-22(16)14-6-4-13(18)5-7-14/h4-7,10,12,19H,3,8-9,11H2,1-2H3. The molecule has 122 valence electrons. The molecule has 1 fully saturated rings. The third-order valence-corrected chi connectivity index (χ3v) is 4.69. The number of rotatable bonds is 3. The molecule has 0 saturated carbocycles. The third-order valence-electron chi connectivity index (χ3n) is 4.16. The van der Waals surface area contributed by atoms with Crippen LogP contribution < -0.4 is 5.32 Å². The maximum Gasteiger partial charge on any atom is 0.257 e. The van der Waals surface area contributed by atoms with Crippen LogP contribution in [0.25, 0.3) is 5.69 Å². The minimum Gasteiger partial charge on any atom is -0.336 e. The third kappa shape index (κ3) is 3.33. The number of hydrogen-bond donors (Lipinski definition) is 1. The summed E-state index contributed by atoms with van der Waals surface area (Å²) in [5, 5.41) is 7.82. The highest BCUT2D eigenvalue weighted by Gasteiger charge is 2.25. The molecule has 1 atom stereocenters. The number of halogens is 1. The Kier molecular flexibility index (Phi) is 4.82. The fourth-order valence-corrected chi connectivity index (χ4v) is 3.25. The van der Waals surface area contributed by atoms with Crippen molar-refractivity contribution in [3.05, 3.63) is 46.2 Å². The van der Waals surface area contributed by atoms with Crippen molar-refractivity contribution in [3.8, 4) is 5.69 Å². The molecule has 0 aliphatic carbocycles. The van der Waals surface area contributed by atoms with Crippen molar-refractivity contribution in [1.29, 1.82) is 0 Å². The van der Waals surface area contributed by atoms with E-state index in [0.717, 1.165) is 41.9 Å². The zero-order chi connectivity index (χ0) is 16.4. The van der Waals surface area contributed by atoms with Crippen LogP contribution in [-0.4, -0.2) is 46.3 Å². The van der Waals surface area contributed by atoms with E-state index in [1.54, 1.807) is 6.20 Å². The maximum absolute atomic E-state index is 12.9. The van der Waals surface area contributed by atoms with Crippen LogP contribution in [0, 0.1) is 0 Å². The quantitative estimate of drug-likeness (QED) is 0.895. The summed E-state index contributed by atoms with van der Waals surface area (Å²) in [5.41, 5.74) is 2.64. The van der Waals surface area contributed by atoms with Crippen molar-refractivity contribution >= 4 is 21.8 Å². The number of nitrogens with zero attached hydrogens (tertiary/aromatic N) is 3. The van der Waals surface area contributed by atoms with E-state index in [-0.39, 0.29) is 5.91 Å². The lowest BCUT2D eigenvalue weighted by Gasteiger charge is -2.31. The van der Waals surface area contributed by atoms with E-state index in [0.29, 0.717) is 11.6 Å². The number of amides is 1. The molecular weight excluding hydrogens is 356 g/mol. The zero-order valence-electron chi connectivity index (χ0n) is 13.4. The lowest BCUT2D eigenvalue weighted by Crippen LogP contribution is -2.51. The predicted octanol–water partition coefficient (Wildman–Crippen LogP) is 2.63. The van der Waals surface area contributed by atoms with Crippen molar-refractivity contribution in [2.45, 2.75) is 26.3 Å². The molecule has 23 heavy (non-hydrogen) atoms. The van der Waals surface area contributed by atoms with Crippen LogP contribution >= 0.6 is 15.9 Å². The predicted molar refractivity (Wildman–Crippen MR) is 94.0 cm³/mol. The van der Waals surface area contributed by atoms with Gasteiger partial charge in [0.2, 0.25) is 0 Å². The summed E-state index contributed by atoms with van der Waals surface area (Å²) in [6, 6.07) is 8.29. The highest BCUT2D eigenvalue weighted by atomic mass is 79.9. The monoisotopic (exact) mass is 376 g/mol. The van der Waals surface area contributed by atoms with Crippen LogP contribution in [0.2, 0.25) is 0 Å². The van der Waals surface area contributed by atoms with Gasteiger partial charge in [-0.15, -0.1) is 0 Å². The Morgan fingerprint density at radius 3 is 2.78 bits per heavy atom. The molecule has 1 saturated heterocycles. The number of piperazine rings is 1. The van der Waals surface area contributed by atoms with Crippen LogP contribution in [0.1, 0.15) is 29.9 Å². The van der Waals surface area contributed by atoms with Gasteiger partial charge in [0, 0.05) is 30.1 Å². The van der Waals surface area contributed by atoms with Gasteiger partial charge < -0.3 is 10.2 Å². The van der Waals surface area contributed by atoms with E-state index in [1.807, 2.05) is 33.8 Å². The van der Waals surface area contributed by atoms with Crippen molar-refractivity contribution in [1.82, 2.24) is 20.0 Å². The van der Waals surface area contributed by atoms with Crippen molar-refractivity contribution in [2.24, 2.45) is 0 Å². The maximum atomic E-state index is 12.9. The van der Waals surface area contributed by atoms with E-state index >= 15 is 0 Å².